The monoisotopic (exact) mass is 394 g/mol. The van der Waals surface area contributed by atoms with Gasteiger partial charge in [0.05, 0.1) is 6.10 Å². The van der Waals surface area contributed by atoms with Gasteiger partial charge in [-0.2, -0.15) is 0 Å². The Bertz CT molecular complexity index is 739. The van der Waals surface area contributed by atoms with Gasteiger partial charge in [-0.1, -0.05) is 63.1 Å². The average molecular weight is 395 g/mol. The molecule has 29 heavy (non-hydrogen) atoms. The number of fused-ring (bicyclic) bond motifs is 5. The summed E-state index contributed by atoms with van der Waals surface area (Å²) in [4.78, 5) is 0. The van der Waals surface area contributed by atoms with Crippen molar-refractivity contribution in [3.63, 3.8) is 0 Å². The molecule has 8 atom stereocenters. The molecular weight excluding hydrogens is 352 g/mol. The van der Waals surface area contributed by atoms with Gasteiger partial charge in [-0.25, -0.2) is 0 Å². The van der Waals surface area contributed by atoms with E-state index < -0.39 is 0 Å². The molecule has 160 valence electrons. The lowest BCUT2D eigenvalue weighted by Crippen LogP contribution is -2.45. The van der Waals surface area contributed by atoms with Gasteiger partial charge in [0, 0.05) is 0 Å². The van der Waals surface area contributed by atoms with Crippen molar-refractivity contribution in [3.8, 4) is 0 Å². The molecule has 5 aliphatic rings. The second-order valence-corrected chi connectivity index (χ2v) is 12.0. The minimum atomic E-state index is -0.198. The molecule has 0 heterocycles. The van der Waals surface area contributed by atoms with Gasteiger partial charge in [0.15, 0.2) is 0 Å². The lowest BCUT2D eigenvalue weighted by molar-refractivity contribution is 0.0538. The van der Waals surface area contributed by atoms with Crippen LogP contribution in [0.5, 0.6) is 0 Å². The third-order valence-corrected chi connectivity index (χ3v) is 10.2. The maximum atomic E-state index is 10.3. The van der Waals surface area contributed by atoms with Crippen LogP contribution < -0.4 is 0 Å². The molecular formula is C28H42O. The number of allylic oxidation sites excluding steroid dienone is 5. The van der Waals surface area contributed by atoms with Crippen LogP contribution in [-0.2, 0) is 0 Å². The predicted molar refractivity (Wildman–Crippen MR) is 121 cm³/mol. The van der Waals surface area contributed by atoms with Gasteiger partial charge >= 0.3 is 0 Å². The molecule has 0 aromatic rings. The molecule has 4 fully saturated rings. The van der Waals surface area contributed by atoms with Crippen molar-refractivity contribution in [2.24, 2.45) is 46.3 Å². The molecule has 0 bridgehead atoms. The third kappa shape index (κ3) is 3.22. The Morgan fingerprint density at radius 1 is 0.966 bits per heavy atom. The molecule has 1 nitrogen and oxygen atoms in total. The highest BCUT2D eigenvalue weighted by Gasteiger charge is 2.56. The van der Waals surface area contributed by atoms with E-state index in [1.54, 1.807) is 5.57 Å². The largest absolute Gasteiger partial charge is 0.389 e. The second-order valence-electron chi connectivity index (χ2n) is 12.0. The van der Waals surface area contributed by atoms with Crippen LogP contribution in [0.2, 0.25) is 0 Å². The van der Waals surface area contributed by atoms with E-state index in [0.29, 0.717) is 22.7 Å². The molecule has 0 saturated heterocycles. The molecule has 0 amide bonds. The van der Waals surface area contributed by atoms with Crippen molar-refractivity contribution in [2.75, 3.05) is 0 Å². The van der Waals surface area contributed by atoms with Crippen molar-refractivity contribution >= 4 is 0 Å². The Morgan fingerprint density at radius 2 is 1.76 bits per heavy atom. The van der Waals surface area contributed by atoms with Crippen molar-refractivity contribution in [2.45, 2.75) is 91.6 Å². The van der Waals surface area contributed by atoms with Gasteiger partial charge < -0.3 is 5.11 Å². The Labute approximate surface area is 178 Å². The summed E-state index contributed by atoms with van der Waals surface area (Å²) < 4.78 is 0. The van der Waals surface area contributed by atoms with Crippen LogP contribution in [-0.4, -0.2) is 11.2 Å². The van der Waals surface area contributed by atoms with E-state index in [1.807, 2.05) is 5.57 Å². The molecule has 4 saturated carbocycles. The summed E-state index contributed by atoms with van der Waals surface area (Å²) in [5.41, 5.74) is 4.46. The van der Waals surface area contributed by atoms with Crippen LogP contribution in [0, 0.1) is 46.3 Å². The fourth-order valence-electron chi connectivity index (χ4n) is 8.11. The van der Waals surface area contributed by atoms with E-state index in [-0.39, 0.29) is 6.10 Å². The molecule has 0 radical (unpaired) electrons. The van der Waals surface area contributed by atoms with Crippen LogP contribution in [0.1, 0.15) is 85.5 Å². The van der Waals surface area contributed by atoms with Gasteiger partial charge in [-0.3, -0.25) is 0 Å². The number of hydrogen-bond acceptors (Lipinski definition) is 1. The van der Waals surface area contributed by atoms with E-state index in [9.17, 15) is 5.11 Å². The Balaban J connectivity index is 1.37. The van der Waals surface area contributed by atoms with Gasteiger partial charge in [0.2, 0.25) is 0 Å². The first kappa shape index (κ1) is 20.1. The van der Waals surface area contributed by atoms with E-state index in [4.69, 9.17) is 0 Å². The SMILES string of the molecule is CC1CCC2(C)C(=CC=C3C2CCC2(C)C3CCC2C(C)/C=C/C(O)C2CC2)C1. The summed E-state index contributed by atoms with van der Waals surface area (Å²) in [6, 6.07) is 0. The summed E-state index contributed by atoms with van der Waals surface area (Å²) in [6.07, 6.45) is 21.5. The zero-order valence-corrected chi connectivity index (χ0v) is 19.2. The zero-order valence-electron chi connectivity index (χ0n) is 19.2. The number of aliphatic hydroxyl groups is 1. The van der Waals surface area contributed by atoms with Gasteiger partial charge in [0.25, 0.3) is 0 Å². The van der Waals surface area contributed by atoms with Crippen molar-refractivity contribution < 1.29 is 5.11 Å². The molecule has 5 aliphatic carbocycles. The Morgan fingerprint density at radius 3 is 2.52 bits per heavy atom. The first-order valence-electron chi connectivity index (χ1n) is 12.6. The molecule has 5 rings (SSSR count). The normalized spacial score (nSPS) is 46.4. The molecule has 8 unspecified atom stereocenters. The Hall–Kier alpha value is -0.820. The van der Waals surface area contributed by atoms with Crippen LogP contribution >= 0.6 is 0 Å². The van der Waals surface area contributed by atoms with E-state index in [0.717, 1.165) is 23.7 Å². The number of hydrogen-bond donors (Lipinski definition) is 1. The highest BCUT2D eigenvalue weighted by molar-refractivity contribution is 5.38. The van der Waals surface area contributed by atoms with E-state index >= 15 is 0 Å². The van der Waals surface area contributed by atoms with Crippen molar-refractivity contribution in [3.05, 3.63) is 35.5 Å². The van der Waals surface area contributed by atoms with Gasteiger partial charge in [-0.05, 0) is 104 Å². The summed E-state index contributed by atoms with van der Waals surface area (Å²) in [5.74, 6) is 4.34. The highest BCUT2D eigenvalue weighted by Crippen LogP contribution is 2.66. The lowest BCUT2D eigenvalue weighted by atomic mass is 9.49. The highest BCUT2D eigenvalue weighted by atomic mass is 16.3. The fourth-order valence-corrected chi connectivity index (χ4v) is 8.11. The summed E-state index contributed by atoms with van der Waals surface area (Å²) in [5, 5.41) is 10.3. The molecule has 1 heteroatoms. The van der Waals surface area contributed by atoms with Crippen LogP contribution in [0.4, 0.5) is 0 Å². The van der Waals surface area contributed by atoms with Gasteiger partial charge in [0.1, 0.15) is 0 Å². The fraction of sp³-hybridized carbons (Fsp3) is 0.786. The van der Waals surface area contributed by atoms with Crippen molar-refractivity contribution in [1.82, 2.24) is 0 Å². The van der Waals surface area contributed by atoms with E-state index in [2.05, 4.69) is 52.0 Å². The molecule has 0 spiro atoms. The van der Waals surface area contributed by atoms with Crippen molar-refractivity contribution in [1.29, 1.82) is 0 Å². The standard InChI is InChI=1S/C28H42O/c1-18-13-15-27(3)21(17-18)8-9-22-24-11-10-23(28(24,4)16-14-25(22)27)19(2)5-12-26(29)20-6-7-20/h5,8-9,12,18-20,23-26,29H,6-7,10-11,13-17H2,1-4H3/b12-5+. The summed E-state index contributed by atoms with van der Waals surface area (Å²) in [6.45, 7) is 10.1. The molecule has 1 N–H and O–H groups in total. The smallest absolute Gasteiger partial charge is 0.0749 e. The molecule has 0 aromatic carbocycles. The topological polar surface area (TPSA) is 20.2 Å². The third-order valence-electron chi connectivity index (χ3n) is 10.2. The minimum absolute atomic E-state index is 0.198. The summed E-state index contributed by atoms with van der Waals surface area (Å²) in [7, 11) is 0. The number of aliphatic hydroxyl groups excluding tert-OH is 1. The first-order chi connectivity index (χ1) is 13.8. The minimum Gasteiger partial charge on any atom is -0.389 e. The van der Waals surface area contributed by atoms with Crippen LogP contribution in [0.25, 0.3) is 0 Å². The average Bonchev–Trinajstić information content (AvgIpc) is 3.48. The van der Waals surface area contributed by atoms with Crippen LogP contribution in [0.15, 0.2) is 35.5 Å². The number of rotatable bonds is 4. The Kier molecular flexibility index (Phi) is 4.93. The van der Waals surface area contributed by atoms with Crippen LogP contribution in [0.3, 0.4) is 0 Å². The van der Waals surface area contributed by atoms with E-state index in [1.165, 1.54) is 57.8 Å². The second kappa shape index (κ2) is 7.11. The maximum Gasteiger partial charge on any atom is 0.0749 e. The summed E-state index contributed by atoms with van der Waals surface area (Å²) >= 11 is 0. The predicted octanol–water partition coefficient (Wildman–Crippen LogP) is 7.08. The molecule has 0 aliphatic heterocycles. The van der Waals surface area contributed by atoms with Gasteiger partial charge in [-0.15, -0.1) is 0 Å². The molecule has 0 aromatic heterocycles. The quantitative estimate of drug-likeness (QED) is 0.505. The maximum absolute atomic E-state index is 10.3. The lowest BCUT2D eigenvalue weighted by Gasteiger charge is -2.55. The first-order valence-corrected chi connectivity index (χ1v) is 12.6. The zero-order chi connectivity index (χ0) is 20.4.